The fourth-order valence-corrected chi connectivity index (χ4v) is 2.68. The molecule has 1 saturated heterocycles. The molecule has 0 bridgehead atoms. The first-order valence-electron chi connectivity index (χ1n) is 7.11. The lowest BCUT2D eigenvalue weighted by Gasteiger charge is -2.28. The van der Waals surface area contributed by atoms with Crippen LogP contribution in [0.1, 0.15) is 33.6 Å². The molecule has 1 aliphatic rings. The van der Waals surface area contributed by atoms with Crippen molar-refractivity contribution in [3.05, 3.63) is 0 Å². The predicted molar refractivity (Wildman–Crippen MR) is 75.5 cm³/mol. The minimum Gasteiger partial charge on any atom is -0.314 e. The first kappa shape index (κ1) is 14.9. The zero-order valence-electron chi connectivity index (χ0n) is 12.4. The number of likely N-dealkylation sites (N-methyl/N-ethyl adjacent to an activating group) is 2. The van der Waals surface area contributed by atoms with Crippen LogP contribution >= 0.6 is 0 Å². The van der Waals surface area contributed by atoms with Crippen molar-refractivity contribution in [3.8, 4) is 0 Å². The Bertz CT molecular complexity index is 206. The summed E-state index contributed by atoms with van der Waals surface area (Å²) in [7, 11) is 4.52. The fourth-order valence-electron chi connectivity index (χ4n) is 2.68. The normalized spacial score (nSPS) is 23.8. The van der Waals surface area contributed by atoms with Gasteiger partial charge in [0.15, 0.2) is 0 Å². The van der Waals surface area contributed by atoms with Crippen LogP contribution in [0.4, 0.5) is 0 Å². The summed E-state index contributed by atoms with van der Waals surface area (Å²) in [5.41, 5.74) is 0. The Morgan fingerprint density at radius 1 is 1.35 bits per heavy atom. The first-order valence-corrected chi connectivity index (χ1v) is 7.11. The van der Waals surface area contributed by atoms with Gasteiger partial charge in [-0.3, -0.25) is 0 Å². The van der Waals surface area contributed by atoms with Crippen LogP contribution in [0.3, 0.4) is 0 Å². The highest BCUT2D eigenvalue weighted by atomic mass is 15.2. The van der Waals surface area contributed by atoms with E-state index in [2.05, 4.69) is 50.0 Å². The molecule has 17 heavy (non-hydrogen) atoms. The van der Waals surface area contributed by atoms with Crippen molar-refractivity contribution in [2.24, 2.45) is 5.92 Å². The van der Waals surface area contributed by atoms with Gasteiger partial charge in [0, 0.05) is 25.2 Å². The van der Waals surface area contributed by atoms with Gasteiger partial charge < -0.3 is 15.1 Å². The second kappa shape index (κ2) is 7.34. The third-order valence-corrected chi connectivity index (χ3v) is 3.69. The molecule has 0 amide bonds. The second-order valence-corrected chi connectivity index (χ2v) is 6.17. The number of rotatable bonds is 7. The number of likely N-dealkylation sites (tertiary alicyclic amines) is 1. The predicted octanol–water partition coefficient (Wildman–Crippen LogP) is 1.65. The van der Waals surface area contributed by atoms with Crippen molar-refractivity contribution in [3.63, 3.8) is 0 Å². The monoisotopic (exact) mass is 241 g/mol. The largest absolute Gasteiger partial charge is 0.314 e. The van der Waals surface area contributed by atoms with Crippen molar-refractivity contribution in [1.29, 1.82) is 0 Å². The van der Waals surface area contributed by atoms with Gasteiger partial charge in [0.05, 0.1) is 0 Å². The van der Waals surface area contributed by atoms with E-state index in [1.54, 1.807) is 0 Å². The molecule has 1 N–H and O–H groups in total. The van der Waals surface area contributed by atoms with Gasteiger partial charge in [0.2, 0.25) is 0 Å². The maximum absolute atomic E-state index is 3.52. The molecule has 0 saturated carbocycles. The molecular formula is C14H31N3. The van der Waals surface area contributed by atoms with Gasteiger partial charge in [0.1, 0.15) is 0 Å². The van der Waals surface area contributed by atoms with Gasteiger partial charge in [-0.2, -0.15) is 0 Å². The van der Waals surface area contributed by atoms with Crippen LogP contribution in [0, 0.1) is 5.92 Å². The molecule has 0 aromatic heterocycles. The summed E-state index contributed by atoms with van der Waals surface area (Å²) in [6, 6.07) is 1.38. The molecule has 1 aliphatic heterocycles. The summed E-state index contributed by atoms with van der Waals surface area (Å²) in [6.07, 6.45) is 2.75. The standard InChI is InChI=1S/C14H31N3/c1-12(2)15-9-13(3)10-16(4)11-14-7-6-8-17(14)5/h12-15H,6-11H2,1-5H3. The van der Waals surface area contributed by atoms with Gasteiger partial charge in [0.25, 0.3) is 0 Å². The van der Waals surface area contributed by atoms with Gasteiger partial charge >= 0.3 is 0 Å². The minimum atomic E-state index is 0.601. The molecule has 3 nitrogen and oxygen atoms in total. The van der Waals surface area contributed by atoms with Crippen LogP contribution in [0.5, 0.6) is 0 Å². The third kappa shape index (κ3) is 5.84. The fraction of sp³-hybridized carbons (Fsp3) is 1.00. The minimum absolute atomic E-state index is 0.601. The average Bonchev–Trinajstić information content (AvgIpc) is 2.61. The van der Waals surface area contributed by atoms with Crippen LogP contribution in [0.2, 0.25) is 0 Å². The Hall–Kier alpha value is -0.120. The maximum atomic E-state index is 3.52. The van der Waals surface area contributed by atoms with Gasteiger partial charge in [-0.05, 0) is 45.9 Å². The topological polar surface area (TPSA) is 18.5 Å². The molecular weight excluding hydrogens is 210 g/mol. The molecule has 2 atom stereocenters. The van der Waals surface area contributed by atoms with Crippen molar-refractivity contribution in [1.82, 2.24) is 15.1 Å². The van der Waals surface area contributed by atoms with Crippen LogP contribution in [-0.4, -0.2) is 62.2 Å². The highest BCUT2D eigenvalue weighted by Crippen LogP contribution is 2.15. The van der Waals surface area contributed by atoms with E-state index >= 15 is 0 Å². The molecule has 102 valence electrons. The summed E-state index contributed by atoms with van der Waals surface area (Å²) in [6.45, 7) is 11.6. The van der Waals surface area contributed by atoms with Crippen molar-refractivity contribution in [2.75, 3.05) is 40.3 Å². The Labute approximate surface area is 108 Å². The van der Waals surface area contributed by atoms with E-state index in [0.717, 1.165) is 18.5 Å². The van der Waals surface area contributed by atoms with Gasteiger partial charge in [-0.1, -0.05) is 20.8 Å². The molecule has 1 fully saturated rings. The molecule has 0 aromatic rings. The molecule has 0 radical (unpaired) electrons. The highest BCUT2D eigenvalue weighted by molar-refractivity contribution is 4.79. The van der Waals surface area contributed by atoms with E-state index in [1.807, 2.05) is 0 Å². The van der Waals surface area contributed by atoms with Crippen LogP contribution in [0.25, 0.3) is 0 Å². The third-order valence-electron chi connectivity index (χ3n) is 3.69. The van der Waals surface area contributed by atoms with E-state index in [1.165, 1.54) is 32.5 Å². The zero-order chi connectivity index (χ0) is 12.8. The highest BCUT2D eigenvalue weighted by Gasteiger charge is 2.22. The molecule has 1 heterocycles. The molecule has 0 aliphatic carbocycles. The van der Waals surface area contributed by atoms with Crippen molar-refractivity contribution >= 4 is 0 Å². The number of hydrogen-bond acceptors (Lipinski definition) is 3. The number of nitrogens with zero attached hydrogens (tertiary/aromatic N) is 2. The zero-order valence-corrected chi connectivity index (χ0v) is 12.4. The summed E-state index contributed by atoms with van der Waals surface area (Å²) >= 11 is 0. The molecule has 1 rings (SSSR count). The van der Waals surface area contributed by atoms with Crippen molar-refractivity contribution < 1.29 is 0 Å². The maximum Gasteiger partial charge on any atom is 0.0220 e. The molecule has 2 unspecified atom stereocenters. The van der Waals surface area contributed by atoms with Crippen LogP contribution < -0.4 is 5.32 Å². The summed E-state index contributed by atoms with van der Waals surface area (Å²) in [4.78, 5) is 5.01. The van der Waals surface area contributed by atoms with Gasteiger partial charge in [-0.25, -0.2) is 0 Å². The Morgan fingerprint density at radius 2 is 2.06 bits per heavy atom. The summed E-state index contributed by atoms with van der Waals surface area (Å²) in [5, 5.41) is 3.52. The van der Waals surface area contributed by atoms with Crippen LogP contribution in [-0.2, 0) is 0 Å². The number of nitrogens with one attached hydrogen (secondary N) is 1. The second-order valence-electron chi connectivity index (χ2n) is 6.17. The summed E-state index contributed by atoms with van der Waals surface area (Å²) in [5.74, 6) is 0.731. The summed E-state index contributed by atoms with van der Waals surface area (Å²) < 4.78 is 0. The van der Waals surface area contributed by atoms with Gasteiger partial charge in [-0.15, -0.1) is 0 Å². The lowest BCUT2D eigenvalue weighted by Crippen LogP contribution is -2.40. The van der Waals surface area contributed by atoms with E-state index in [-0.39, 0.29) is 0 Å². The average molecular weight is 241 g/mol. The van der Waals surface area contributed by atoms with Crippen molar-refractivity contribution in [2.45, 2.75) is 45.7 Å². The quantitative estimate of drug-likeness (QED) is 0.731. The number of hydrogen-bond donors (Lipinski definition) is 1. The SMILES string of the molecule is CC(CNC(C)C)CN(C)CC1CCCN1C. The smallest absolute Gasteiger partial charge is 0.0220 e. The first-order chi connectivity index (χ1) is 7.99. The Morgan fingerprint density at radius 3 is 2.59 bits per heavy atom. The van der Waals surface area contributed by atoms with E-state index < -0.39 is 0 Å². The Balaban J connectivity index is 2.17. The van der Waals surface area contributed by atoms with E-state index in [9.17, 15) is 0 Å². The van der Waals surface area contributed by atoms with E-state index in [0.29, 0.717) is 6.04 Å². The Kier molecular flexibility index (Phi) is 6.45. The molecule has 0 spiro atoms. The lowest BCUT2D eigenvalue weighted by molar-refractivity contribution is 0.201. The van der Waals surface area contributed by atoms with Crippen LogP contribution in [0.15, 0.2) is 0 Å². The molecule has 3 heteroatoms. The van der Waals surface area contributed by atoms with E-state index in [4.69, 9.17) is 0 Å². The molecule has 0 aromatic carbocycles. The lowest BCUT2D eigenvalue weighted by atomic mass is 10.1.